The van der Waals surface area contributed by atoms with Crippen LogP contribution in [0.1, 0.15) is 16.1 Å². The number of aryl methyl sites for hydroxylation is 1. The van der Waals surface area contributed by atoms with Gasteiger partial charge in [-0.2, -0.15) is 0 Å². The highest BCUT2D eigenvalue weighted by molar-refractivity contribution is 9.11. The number of hydrogen-bond donors (Lipinski definition) is 2. The zero-order chi connectivity index (χ0) is 13.3. The molecule has 1 heterocycles. The standard InChI is InChI=1S/C12H10Br2N2O2/c1-6-2-3-18-11(6)12(17)16-10-8(14)4-7(13)5-9(10)15/h2-5H,15H2,1H3,(H,16,17). The summed E-state index contributed by atoms with van der Waals surface area (Å²) in [6.45, 7) is 1.80. The summed E-state index contributed by atoms with van der Waals surface area (Å²) in [6.07, 6.45) is 1.48. The van der Waals surface area contributed by atoms with E-state index in [0.717, 1.165) is 10.0 Å². The molecule has 0 spiro atoms. The van der Waals surface area contributed by atoms with Crippen molar-refractivity contribution in [2.75, 3.05) is 11.1 Å². The second-order valence-corrected chi connectivity index (χ2v) is 5.51. The highest BCUT2D eigenvalue weighted by Crippen LogP contribution is 2.33. The Kier molecular flexibility index (Phi) is 3.77. The van der Waals surface area contributed by atoms with Crippen LogP contribution in [0.15, 0.2) is 37.8 Å². The Morgan fingerprint density at radius 3 is 2.67 bits per heavy atom. The van der Waals surface area contributed by atoms with E-state index in [1.54, 1.807) is 25.1 Å². The fourth-order valence-electron chi connectivity index (χ4n) is 1.50. The van der Waals surface area contributed by atoms with E-state index in [1.807, 2.05) is 0 Å². The lowest BCUT2D eigenvalue weighted by molar-refractivity contribution is 0.0996. The summed E-state index contributed by atoms with van der Waals surface area (Å²) in [4.78, 5) is 12.0. The van der Waals surface area contributed by atoms with Crippen molar-refractivity contribution >= 4 is 49.1 Å². The van der Waals surface area contributed by atoms with Gasteiger partial charge in [-0.05, 0) is 41.1 Å². The summed E-state index contributed by atoms with van der Waals surface area (Å²) in [5.74, 6) is -0.0450. The predicted molar refractivity (Wildman–Crippen MR) is 77.7 cm³/mol. The van der Waals surface area contributed by atoms with Crippen molar-refractivity contribution in [2.24, 2.45) is 0 Å². The monoisotopic (exact) mass is 372 g/mol. The molecule has 0 aliphatic heterocycles. The third-order valence-electron chi connectivity index (χ3n) is 2.39. The molecule has 1 amide bonds. The Morgan fingerprint density at radius 1 is 1.39 bits per heavy atom. The molecule has 94 valence electrons. The van der Waals surface area contributed by atoms with Gasteiger partial charge in [-0.25, -0.2) is 0 Å². The van der Waals surface area contributed by atoms with Crippen molar-refractivity contribution < 1.29 is 9.21 Å². The van der Waals surface area contributed by atoms with Gasteiger partial charge in [-0.1, -0.05) is 15.9 Å². The molecule has 0 aliphatic rings. The molecular formula is C12H10Br2N2O2. The van der Waals surface area contributed by atoms with Crippen LogP contribution in [0, 0.1) is 6.92 Å². The molecular weight excluding hydrogens is 364 g/mol. The van der Waals surface area contributed by atoms with Crippen LogP contribution in [0.5, 0.6) is 0 Å². The number of halogens is 2. The van der Waals surface area contributed by atoms with Crippen molar-refractivity contribution in [1.29, 1.82) is 0 Å². The van der Waals surface area contributed by atoms with Gasteiger partial charge in [0.2, 0.25) is 0 Å². The molecule has 0 bridgehead atoms. The van der Waals surface area contributed by atoms with Gasteiger partial charge in [0.25, 0.3) is 5.91 Å². The molecule has 0 aliphatic carbocycles. The Morgan fingerprint density at radius 2 is 2.11 bits per heavy atom. The molecule has 1 aromatic heterocycles. The SMILES string of the molecule is Cc1ccoc1C(=O)Nc1c(N)cc(Br)cc1Br. The maximum absolute atomic E-state index is 12.0. The minimum Gasteiger partial charge on any atom is -0.459 e. The van der Waals surface area contributed by atoms with Crippen molar-refractivity contribution in [1.82, 2.24) is 0 Å². The minimum absolute atomic E-state index is 0.282. The number of anilines is 2. The van der Waals surface area contributed by atoms with Gasteiger partial charge in [0, 0.05) is 14.5 Å². The van der Waals surface area contributed by atoms with E-state index in [1.165, 1.54) is 6.26 Å². The average Bonchev–Trinajstić information content (AvgIpc) is 2.69. The van der Waals surface area contributed by atoms with Crippen molar-refractivity contribution in [3.8, 4) is 0 Å². The molecule has 0 saturated carbocycles. The quantitative estimate of drug-likeness (QED) is 0.783. The third kappa shape index (κ3) is 2.59. The van der Waals surface area contributed by atoms with Gasteiger partial charge in [0.1, 0.15) is 0 Å². The first kappa shape index (κ1) is 13.2. The first-order valence-electron chi connectivity index (χ1n) is 5.09. The fraction of sp³-hybridized carbons (Fsp3) is 0.0833. The Bertz CT molecular complexity index is 585. The summed E-state index contributed by atoms with van der Waals surface area (Å²) in [5.41, 5.74) is 7.63. The van der Waals surface area contributed by atoms with Crippen molar-refractivity contribution in [3.63, 3.8) is 0 Å². The topological polar surface area (TPSA) is 68.3 Å². The first-order valence-corrected chi connectivity index (χ1v) is 6.67. The fourth-order valence-corrected chi connectivity index (χ4v) is 2.86. The molecule has 0 atom stereocenters. The highest BCUT2D eigenvalue weighted by atomic mass is 79.9. The molecule has 6 heteroatoms. The van der Waals surface area contributed by atoms with E-state index in [-0.39, 0.29) is 11.7 Å². The maximum atomic E-state index is 12.0. The summed E-state index contributed by atoms with van der Waals surface area (Å²) >= 11 is 6.68. The van der Waals surface area contributed by atoms with Crippen LogP contribution in [-0.2, 0) is 0 Å². The number of hydrogen-bond acceptors (Lipinski definition) is 3. The number of benzene rings is 1. The normalized spacial score (nSPS) is 10.4. The van der Waals surface area contributed by atoms with Crippen LogP contribution in [0.2, 0.25) is 0 Å². The maximum Gasteiger partial charge on any atom is 0.291 e. The molecule has 2 rings (SSSR count). The lowest BCUT2D eigenvalue weighted by Gasteiger charge is -2.10. The van der Waals surface area contributed by atoms with E-state index in [9.17, 15) is 4.79 Å². The van der Waals surface area contributed by atoms with Gasteiger partial charge in [-0.3, -0.25) is 4.79 Å². The number of carbonyl (C=O) groups is 1. The zero-order valence-electron chi connectivity index (χ0n) is 9.46. The largest absolute Gasteiger partial charge is 0.459 e. The van der Waals surface area contributed by atoms with E-state index in [0.29, 0.717) is 15.8 Å². The number of nitrogens with one attached hydrogen (secondary N) is 1. The Balaban J connectivity index is 2.31. The number of furan rings is 1. The molecule has 0 unspecified atom stereocenters. The predicted octanol–water partition coefficient (Wildman–Crippen LogP) is 3.95. The summed E-state index contributed by atoms with van der Waals surface area (Å²) < 4.78 is 6.66. The van der Waals surface area contributed by atoms with E-state index in [2.05, 4.69) is 37.2 Å². The number of carbonyl (C=O) groups excluding carboxylic acids is 1. The Labute approximate surface area is 121 Å². The molecule has 0 saturated heterocycles. The van der Waals surface area contributed by atoms with Crippen LogP contribution in [0.3, 0.4) is 0 Å². The van der Waals surface area contributed by atoms with Gasteiger partial charge in [0.05, 0.1) is 17.6 Å². The Hall–Kier alpha value is -1.27. The molecule has 3 N–H and O–H groups in total. The van der Waals surface area contributed by atoms with E-state index in [4.69, 9.17) is 10.2 Å². The average molecular weight is 374 g/mol. The molecule has 4 nitrogen and oxygen atoms in total. The number of amides is 1. The molecule has 0 fully saturated rings. The van der Waals surface area contributed by atoms with Crippen LogP contribution < -0.4 is 11.1 Å². The zero-order valence-corrected chi connectivity index (χ0v) is 12.6. The summed E-state index contributed by atoms with van der Waals surface area (Å²) in [6, 6.07) is 5.26. The van der Waals surface area contributed by atoms with Crippen LogP contribution in [0.4, 0.5) is 11.4 Å². The van der Waals surface area contributed by atoms with Crippen molar-refractivity contribution in [2.45, 2.75) is 6.92 Å². The van der Waals surface area contributed by atoms with E-state index < -0.39 is 0 Å². The van der Waals surface area contributed by atoms with Crippen LogP contribution >= 0.6 is 31.9 Å². The third-order valence-corrected chi connectivity index (χ3v) is 3.48. The summed E-state index contributed by atoms with van der Waals surface area (Å²) in [7, 11) is 0. The van der Waals surface area contributed by atoms with E-state index >= 15 is 0 Å². The second-order valence-electron chi connectivity index (χ2n) is 3.74. The van der Waals surface area contributed by atoms with Crippen molar-refractivity contribution in [3.05, 3.63) is 44.7 Å². The number of rotatable bonds is 2. The number of nitrogens with two attached hydrogens (primary N) is 1. The lowest BCUT2D eigenvalue weighted by atomic mass is 10.2. The van der Waals surface area contributed by atoms with Gasteiger partial charge in [0.15, 0.2) is 5.76 Å². The number of nitrogen functional groups attached to an aromatic ring is 1. The smallest absolute Gasteiger partial charge is 0.291 e. The molecule has 1 aromatic carbocycles. The lowest BCUT2D eigenvalue weighted by Crippen LogP contribution is -2.14. The second kappa shape index (κ2) is 5.16. The van der Waals surface area contributed by atoms with Gasteiger partial charge < -0.3 is 15.5 Å². The summed E-state index contributed by atoms with van der Waals surface area (Å²) in [5, 5.41) is 2.72. The molecule has 2 aromatic rings. The van der Waals surface area contributed by atoms with Gasteiger partial charge in [-0.15, -0.1) is 0 Å². The minimum atomic E-state index is -0.327. The highest BCUT2D eigenvalue weighted by Gasteiger charge is 2.16. The van der Waals surface area contributed by atoms with Crippen LogP contribution in [0.25, 0.3) is 0 Å². The molecule has 0 radical (unpaired) electrons. The first-order chi connectivity index (χ1) is 8.49. The van der Waals surface area contributed by atoms with Crippen LogP contribution in [-0.4, -0.2) is 5.91 Å². The van der Waals surface area contributed by atoms with Gasteiger partial charge >= 0.3 is 0 Å². The molecule has 18 heavy (non-hydrogen) atoms.